The van der Waals surface area contributed by atoms with Crippen LogP contribution in [0.1, 0.15) is 12.6 Å². The number of piperazine rings is 1. The summed E-state index contributed by atoms with van der Waals surface area (Å²) in [5, 5.41) is 9.34. The number of anilines is 2. The van der Waals surface area contributed by atoms with Crippen LogP contribution in [-0.2, 0) is 16.1 Å². The Labute approximate surface area is 224 Å². The number of esters is 1. The van der Waals surface area contributed by atoms with Gasteiger partial charge in [0, 0.05) is 55.0 Å². The third kappa shape index (κ3) is 7.41. The Balaban J connectivity index is 1.26. The van der Waals surface area contributed by atoms with E-state index in [1.165, 1.54) is 0 Å². The quantitative estimate of drug-likeness (QED) is 0.365. The highest BCUT2D eigenvalue weighted by molar-refractivity contribution is 7.13. The van der Waals surface area contributed by atoms with Gasteiger partial charge in [0.25, 0.3) is 0 Å². The lowest BCUT2D eigenvalue weighted by Crippen LogP contribution is -2.47. The summed E-state index contributed by atoms with van der Waals surface area (Å²) < 4.78 is 5.03. The summed E-state index contributed by atoms with van der Waals surface area (Å²) >= 11 is 13.5. The molecule has 2 aromatic carbocycles. The van der Waals surface area contributed by atoms with Crippen LogP contribution >= 0.6 is 34.5 Å². The molecular weight excluding hydrogens is 521 g/mol. The molecule has 0 saturated carbocycles. The first kappa shape index (κ1) is 26.4. The summed E-state index contributed by atoms with van der Waals surface area (Å²) in [7, 11) is 0. The molecule has 1 aliphatic rings. The van der Waals surface area contributed by atoms with E-state index >= 15 is 0 Å². The molecule has 36 heavy (non-hydrogen) atoms. The third-order valence-corrected chi connectivity index (χ3v) is 7.31. The molecule has 1 aliphatic heterocycles. The van der Waals surface area contributed by atoms with Gasteiger partial charge < -0.3 is 15.4 Å². The van der Waals surface area contributed by atoms with E-state index in [0.717, 1.165) is 49.0 Å². The van der Waals surface area contributed by atoms with Gasteiger partial charge in [0.05, 0.1) is 28.9 Å². The highest BCUT2D eigenvalue weighted by Gasteiger charge is 2.20. The largest absolute Gasteiger partial charge is 0.465 e. The lowest BCUT2D eigenvalue weighted by molar-refractivity contribution is -0.144. The van der Waals surface area contributed by atoms with Gasteiger partial charge in [0.15, 0.2) is 0 Å². The normalized spacial score (nSPS) is 14.4. The van der Waals surface area contributed by atoms with Gasteiger partial charge in [0.2, 0.25) is 0 Å². The summed E-state index contributed by atoms with van der Waals surface area (Å²) in [6, 6.07) is 12.1. The maximum atomic E-state index is 12.3. The van der Waals surface area contributed by atoms with Gasteiger partial charge in [-0.15, -0.1) is 11.3 Å². The fraction of sp³-hybridized carbons (Fsp3) is 0.320. The van der Waals surface area contributed by atoms with E-state index in [-0.39, 0.29) is 12.0 Å². The van der Waals surface area contributed by atoms with Crippen molar-refractivity contribution >= 4 is 57.9 Å². The van der Waals surface area contributed by atoms with Gasteiger partial charge >= 0.3 is 12.0 Å². The first-order chi connectivity index (χ1) is 17.4. The molecular formula is C25H27Cl2N5O3S. The van der Waals surface area contributed by atoms with Crippen LogP contribution in [0.15, 0.2) is 47.8 Å². The summed E-state index contributed by atoms with van der Waals surface area (Å²) in [5.41, 5.74) is 3.22. The van der Waals surface area contributed by atoms with Gasteiger partial charge in [-0.3, -0.25) is 14.6 Å². The van der Waals surface area contributed by atoms with E-state index in [4.69, 9.17) is 32.9 Å². The molecule has 2 amide bonds. The van der Waals surface area contributed by atoms with E-state index in [1.807, 2.05) is 31.2 Å². The first-order valence-electron chi connectivity index (χ1n) is 11.6. The number of nitrogens with one attached hydrogen (secondary N) is 2. The lowest BCUT2D eigenvalue weighted by atomic mass is 10.2. The Hall–Kier alpha value is -2.69. The number of benzene rings is 2. The molecule has 0 spiro atoms. The number of amides is 2. The Morgan fingerprint density at radius 1 is 0.972 bits per heavy atom. The summed E-state index contributed by atoms with van der Waals surface area (Å²) in [4.78, 5) is 33.2. The van der Waals surface area contributed by atoms with E-state index in [2.05, 4.69) is 25.8 Å². The fourth-order valence-corrected chi connectivity index (χ4v) is 4.91. The second-order valence-electron chi connectivity index (χ2n) is 8.29. The number of thiazole rings is 1. The highest BCUT2D eigenvalue weighted by Crippen LogP contribution is 2.27. The molecule has 0 bridgehead atoms. The predicted molar refractivity (Wildman–Crippen MR) is 145 cm³/mol. The molecule has 1 saturated heterocycles. The van der Waals surface area contributed by atoms with Crippen molar-refractivity contribution in [3.05, 3.63) is 63.6 Å². The summed E-state index contributed by atoms with van der Waals surface area (Å²) in [5.74, 6) is -0.164. The number of rotatable bonds is 8. The van der Waals surface area contributed by atoms with Crippen molar-refractivity contribution < 1.29 is 14.3 Å². The zero-order chi connectivity index (χ0) is 25.5. The highest BCUT2D eigenvalue weighted by atomic mass is 35.5. The molecule has 1 fully saturated rings. The van der Waals surface area contributed by atoms with E-state index < -0.39 is 0 Å². The fourth-order valence-electron chi connectivity index (χ4n) is 3.80. The Morgan fingerprint density at radius 3 is 2.33 bits per heavy atom. The maximum Gasteiger partial charge on any atom is 0.323 e. The van der Waals surface area contributed by atoms with Crippen LogP contribution in [0, 0.1) is 0 Å². The number of carbonyl (C=O) groups is 2. The van der Waals surface area contributed by atoms with Gasteiger partial charge in [-0.05, 0) is 49.4 Å². The second kappa shape index (κ2) is 12.5. The topological polar surface area (TPSA) is 86.8 Å². The van der Waals surface area contributed by atoms with Crippen molar-refractivity contribution in [3.8, 4) is 10.6 Å². The van der Waals surface area contributed by atoms with E-state index in [9.17, 15) is 9.59 Å². The van der Waals surface area contributed by atoms with Crippen LogP contribution in [0.2, 0.25) is 10.0 Å². The smallest absolute Gasteiger partial charge is 0.323 e. The number of hydrogen-bond donors (Lipinski definition) is 2. The number of carbonyl (C=O) groups excluding carboxylic acids is 2. The number of nitrogens with zero attached hydrogens (tertiary/aromatic N) is 3. The summed E-state index contributed by atoms with van der Waals surface area (Å²) in [6.07, 6.45) is 0. The zero-order valence-corrected chi connectivity index (χ0v) is 22.1. The SMILES string of the molecule is CCOC(=O)CN1CCN(Cc2csc(-c3ccc(NC(=O)Nc4ccc(Cl)c(Cl)c4)cc3)n2)CC1. The van der Waals surface area contributed by atoms with Crippen molar-refractivity contribution in [3.63, 3.8) is 0 Å². The Kier molecular flexibility index (Phi) is 9.17. The molecule has 4 rings (SSSR count). The Bertz CT molecular complexity index is 1200. The zero-order valence-electron chi connectivity index (χ0n) is 19.8. The molecule has 0 atom stereocenters. The van der Waals surface area contributed by atoms with Crippen molar-refractivity contribution in [1.82, 2.24) is 14.8 Å². The van der Waals surface area contributed by atoms with Gasteiger partial charge in [-0.2, -0.15) is 0 Å². The number of urea groups is 1. The Morgan fingerprint density at radius 2 is 1.64 bits per heavy atom. The van der Waals surface area contributed by atoms with Gasteiger partial charge in [-0.25, -0.2) is 9.78 Å². The standard InChI is InChI=1S/C25H27Cl2N5O3S/c1-2-35-23(33)15-32-11-9-31(10-12-32)14-20-16-36-24(28-20)17-3-5-18(6-4-17)29-25(34)30-19-7-8-21(26)22(27)13-19/h3-8,13,16H,2,9-12,14-15H2,1H3,(H2,29,30,34). The average Bonchev–Trinajstić information content (AvgIpc) is 3.32. The van der Waals surface area contributed by atoms with Crippen molar-refractivity contribution in [1.29, 1.82) is 0 Å². The van der Waals surface area contributed by atoms with E-state index in [1.54, 1.807) is 29.5 Å². The minimum atomic E-state index is -0.375. The van der Waals surface area contributed by atoms with Crippen molar-refractivity contribution in [2.24, 2.45) is 0 Å². The second-order valence-corrected chi connectivity index (χ2v) is 9.96. The van der Waals surface area contributed by atoms with Crippen LogP contribution in [0.4, 0.5) is 16.2 Å². The molecule has 1 aromatic heterocycles. The number of ether oxygens (including phenoxy) is 1. The van der Waals surface area contributed by atoms with E-state index in [0.29, 0.717) is 34.6 Å². The predicted octanol–water partition coefficient (Wildman–Crippen LogP) is 5.44. The van der Waals surface area contributed by atoms with Crippen LogP contribution in [-0.4, -0.2) is 66.1 Å². The van der Waals surface area contributed by atoms with Crippen LogP contribution in [0.3, 0.4) is 0 Å². The minimum Gasteiger partial charge on any atom is -0.465 e. The first-order valence-corrected chi connectivity index (χ1v) is 13.2. The van der Waals surface area contributed by atoms with Crippen molar-refractivity contribution in [2.45, 2.75) is 13.5 Å². The minimum absolute atomic E-state index is 0.164. The van der Waals surface area contributed by atoms with Crippen LogP contribution < -0.4 is 10.6 Å². The molecule has 3 aromatic rings. The average molecular weight is 548 g/mol. The van der Waals surface area contributed by atoms with Gasteiger partial charge in [0.1, 0.15) is 5.01 Å². The molecule has 0 radical (unpaired) electrons. The number of halogens is 2. The monoisotopic (exact) mass is 547 g/mol. The van der Waals surface area contributed by atoms with Crippen LogP contribution in [0.5, 0.6) is 0 Å². The molecule has 0 unspecified atom stereocenters. The summed E-state index contributed by atoms with van der Waals surface area (Å²) in [6.45, 7) is 6.81. The van der Waals surface area contributed by atoms with Crippen molar-refractivity contribution in [2.75, 3.05) is 50.0 Å². The molecule has 8 nitrogen and oxygen atoms in total. The molecule has 11 heteroatoms. The number of hydrogen-bond acceptors (Lipinski definition) is 7. The third-order valence-electron chi connectivity index (χ3n) is 5.63. The molecule has 2 heterocycles. The maximum absolute atomic E-state index is 12.3. The lowest BCUT2D eigenvalue weighted by Gasteiger charge is -2.33. The van der Waals surface area contributed by atoms with Crippen LogP contribution in [0.25, 0.3) is 10.6 Å². The van der Waals surface area contributed by atoms with Gasteiger partial charge in [-0.1, -0.05) is 23.2 Å². The number of aromatic nitrogens is 1. The molecule has 0 aliphatic carbocycles. The molecule has 190 valence electrons. The molecule has 2 N–H and O–H groups in total.